The van der Waals surface area contributed by atoms with Gasteiger partial charge in [-0.25, -0.2) is 4.98 Å². The standard InChI is InChI=1S/C23H28N4OS/c1-17-9-13-29-22(17)14-25-21-7-5-20(6-8-21)23(28)27-11-3-4-19(16-27)15-26-12-10-24-18(26)2/h5-10,12-13,19,25H,3-4,11,14-16H2,1-2H3/t19-/m1/s1. The fourth-order valence-corrected chi connectivity index (χ4v) is 4.80. The van der Waals surface area contributed by atoms with E-state index in [1.165, 1.54) is 10.4 Å². The second-order valence-corrected chi connectivity index (χ2v) is 8.84. The number of carbonyl (C=O) groups is 1. The van der Waals surface area contributed by atoms with Crippen LogP contribution in [0.3, 0.4) is 0 Å². The number of anilines is 1. The Kier molecular flexibility index (Phi) is 6.00. The number of aromatic nitrogens is 2. The molecule has 0 saturated carbocycles. The van der Waals surface area contributed by atoms with Crippen LogP contribution in [0, 0.1) is 19.8 Å². The summed E-state index contributed by atoms with van der Waals surface area (Å²) in [5, 5.41) is 5.57. The molecule has 1 fully saturated rings. The number of thiophene rings is 1. The number of carbonyl (C=O) groups excluding carboxylic acids is 1. The molecule has 1 aromatic carbocycles. The number of imidazole rings is 1. The van der Waals surface area contributed by atoms with E-state index in [9.17, 15) is 4.79 Å². The highest BCUT2D eigenvalue weighted by atomic mass is 32.1. The molecule has 0 spiro atoms. The summed E-state index contributed by atoms with van der Waals surface area (Å²) in [5.41, 5.74) is 3.13. The predicted molar refractivity (Wildman–Crippen MR) is 118 cm³/mol. The highest BCUT2D eigenvalue weighted by Crippen LogP contribution is 2.22. The summed E-state index contributed by atoms with van der Waals surface area (Å²) < 4.78 is 2.19. The summed E-state index contributed by atoms with van der Waals surface area (Å²) in [7, 11) is 0. The lowest BCUT2D eigenvalue weighted by Crippen LogP contribution is -2.41. The van der Waals surface area contributed by atoms with E-state index in [4.69, 9.17) is 0 Å². The Labute approximate surface area is 176 Å². The van der Waals surface area contributed by atoms with E-state index < -0.39 is 0 Å². The maximum absolute atomic E-state index is 13.0. The third kappa shape index (κ3) is 4.70. The van der Waals surface area contributed by atoms with Crippen molar-refractivity contribution in [3.8, 4) is 0 Å². The van der Waals surface area contributed by atoms with Gasteiger partial charge < -0.3 is 14.8 Å². The molecule has 29 heavy (non-hydrogen) atoms. The van der Waals surface area contributed by atoms with Gasteiger partial charge in [0.1, 0.15) is 5.82 Å². The van der Waals surface area contributed by atoms with Gasteiger partial charge in [-0.15, -0.1) is 11.3 Å². The Hall–Kier alpha value is -2.60. The molecule has 1 saturated heterocycles. The van der Waals surface area contributed by atoms with Gasteiger partial charge in [-0.05, 0) is 73.9 Å². The second-order valence-electron chi connectivity index (χ2n) is 7.84. The molecule has 1 amide bonds. The van der Waals surface area contributed by atoms with Crippen LogP contribution in [0.5, 0.6) is 0 Å². The summed E-state index contributed by atoms with van der Waals surface area (Å²) in [4.78, 5) is 20.7. The Balaban J connectivity index is 1.34. The van der Waals surface area contributed by atoms with E-state index in [-0.39, 0.29) is 5.91 Å². The van der Waals surface area contributed by atoms with Crippen LogP contribution in [0.15, 0.2) is 48.1 Å². The fourth-order valence-electron chi connectivity index (χ4n) is 3.95. The van der Waals surface area contributed by atoms with Crippen LogP contribution in [0.2, 0.25) is 0 Å². The average molecular weight is 409 g/mol. The average Bonchev–Trinajstić information content (AvgIpc) is 3.34. The lowest BCUT2D eigenvalue weighted by atomic mass is 9.97. The van der Waals surface area contributed by atoms with Gasteiger partial charge in [-0.2, -0.15) is 0 Å². The minimum Gasteiger partial charge on any atom is -0.380 e. The number of nitrogens with zero attached hydrogens (tertiary/aromatic N) is 3. The lowest BCUT2D eigenvalue weighted by molar-refractivity contribution is 0.0662. The predicted octanol–water partition coefficient (Wildman–Crippen LogP) is 4.73. The topological polar surface area (TPSA) is 50.2 Å². The zero-order chi connectivity index (χ0) is 20.2. The maximum atomic E-state index is 13.0. The number of rotatable bonds is 6. The van der Waals surface area contributed by atoms with Gasteiger partial charge in [0.15, 0.2) is 0 Å². The van der Waals surface area contributed by atoms with Crippen molar-refractivity contribution in [1.29, 1.82) is 0 Å². The molecule has 3 aromatic rings. The van der Waals surface area contributed by atoms with Crippen molar-refractivity contribution in [1.82, 2.24) is 14.5 Å². The molecule has 1 N–H and O–H groups in total. The molecule has 2 aromatic heterocycles. The van der Waals surface area contributed by atoms with Gasteiger partial charge >= 0.3 is 0 Å². The number of amides is 1. The zero-order valence-corrected chi connectivity index (χ0v) is 17.9. The third-order valence-electron chi connectivity index (χ3n) is 5.74. The van der Waals surface area contributed by atoms with E-state index in [1.54, 1.807) is 11.3 Å². The largest absolute Gasteiger partial charge is 0.380 e. The monoisotopic (exact) mass is 408 g/mol. The Morgan fingerprint density at radius 2 is 2.07 bits per heavy atom. The lowest BCUT2D eigenvalue weighted by Gasteiger charge is -2.33. The first kappa shape index (κ1) is 19.7. The van der Waals surface area contributed by atoms with Crippen molar-refractivity contribution < 1.29 is 4.79 Å². The van der Waals surface area contributed by atoms with Gasteiger partial charge in [-0.3, -0.25) is 4.79 Å². The van der Waals surface area contributed by atoms with Gasteiger partial charge in [0, 0.05) is 54.7 Å². The number of nitrogens with one attached hydrogen (secondary N) is 1. The van der Waals surface area contributed by atoms with E-state index in [2.05, 4.69) is 33.2 Å². The summed E-state index contributed by atoms with van der Waals surface area (Å²) in [5.74, 6) is 1.66. The quantitative estimate of drug-likeness (QED) is 0.642. The number of likely N-dealkylation sites (tertiary alicyclic amines) is 1. The molecular weight excluding hydrogens is 380 g/mol. The zero-order valence-electron chi connectivity index (χ0n) is 17.1. The van der Waals surface area contributed by atoms with Gasteiger partial charge in [-0.1, -0.05) is 0 Å². The molecular formula is C23H28N4OS. The van der Waals surface area contributed by atoms with Crippen molar-refractivity contribution in [2.24, 2.45) is 5.92 Å². The number of benzene rings is 1. The first-order valence-corrected chi connectivity index (χ1v) is 11.1. The molecule has 1 aliphatic rings. The summed E-state index contributed by atoms with van der Waals surface area (Å²) in [6.07, 6.45) is 6.09. The van der Waals surface area contributed by atoms with Crippen LogP contribution >= 0.6 is 11.3 Å². The minimum absolute atomic E-state index is 0.137. The molecule has 152 valence electrons. The smallest absolute Gasteiger partial charge is 0.253 e. The molecule has 0 bridgehead atoms. The van der Waals surface area contributed by atoms with E-state index in [1.807, 2.05) is 48.5 Å². The van der Waals surface area contributed by atoms with Crippen molar-refractivity contribution in [2.75, 3.05) is 18.4 Å². The van der Waals surface area contributed by atoms with Crippen LogP contribution in [0.25, 0.3) is 0 Å². The van der Waals surface area contributed by atoms with Crippen LogP contribution in [-0.4, -0.2) is 33.4 Å². The number of hydrogen-bond donors (Lipinski definition) is 1. The van der Waals surface area contributed by atoms with E-state index in [0.29, 0.717) is 5.92 Å². The molecule has 0 aliphatic carbocycles. The first-order chi connectivity index (χ1) is 14.1. The molecule has 0 unspecified atom stereocenters. The van der Waals surface area contributed by atoms with Crippen molar-refractivity contribution in [2.45, 2.75) is 39.8 Å². The molecule has 1 atom stereocenters. The Bertz CT molecular complexity index is 959. The Morgan fingerprint density at radius 1 is 1.24 bits per heavy atom. The molecule has 6 heteroatoms. The summed E-state index contributed by atoms with van der Waals surface area (Å²) in [6, 6.07) is 10.0. The van der Waals surface area contributed by atoms with Gasteiger partial charge in [0.25, 0.3) is 5.91 Å². The number of piperidine rings is 1. The maximum Gasteiger partial charge on any atom is 0.253 e. The van der Waals surface area contributed by atoms with Gasteiger partial charge in [0.2, 0.25) is 0 Å². The van der Waals surface area contributed by atoms with Crippen molar-refractivity contribution in [3.63, 3.8) is 0 Å². The second kappa shape index (κ2) is 8.82. The molecule has 5 nitrogen and oxygen atoms in total. The van der Waals surface area contributed by atoms with Crippen LogP contribution < -0.4 is 5.32 Å². The normalized spacial score (nSPS) is 16.8. The third-order valence-corrected chi connectivity index (χ3v) is 6.76. The van der Waals surface area contributed by atoms with Crippen LogP contribution in [-0.2, 0) is 13.1 Å². The number of hydrogen-bond acceptors (Lipinski definition) is 4. The summed E-state index contributed by atoms with van der Waals surface area (Å²) >= 11 is 1.77. The highest BCUT2D eigenvalue weighted by Gasteiger charge is 2.25. The van der Waals surface area contributed by atoms with Crippen molar-refractivity contribution in [3.05, 3.63) is 69.9 Å². The van der Waals surface area contributed by atoms with E-state index >= 15 is 0 Å². The molecule has 0 radical (unpaired) electrons. The van der Waals surface area contributed by atoms with E-state index in [0.717, 1.165) is 56.1 Å². The van der Waals surface area contributed by atoms with Crippen LogP contribution in [0.1, 0.15) is 39.5 Å². The SMILES string of the molecule is Cc1ccsc1CNc1ccc(C(=O)N2CCC[C@H](Cn3ccnc3C)C2)cc1. The summed E-state index contributed by atoms with van der Waals surface area (Å²) in [6.45, 7) is 7.57. The minimum atomic E-state index is 0.137. The molecule has 3 heterocycles. The molecule has 4 rings (SSSR count). The molecule has 1 aliphatic heterocycles. The first-order valence-electron chi connectivity index (χ1n) is 10.2. The fraction of sp³-hybridized carbons (Fsp3) is 0.391. The van der Waals surface area contributed by atoms with Crippen molar-refractivity contribution >= 4 is 22.9 Å². The highest BCUT2D eigenvalue weighted by molar-refractivity contribution is 7.10. The Morgan fingerprint density at radius 3 is 2.76 bits per heavy atom. The van der Waals surface area contributed by atoms with Crippen LogP contribution in [0.4, 0.5) is 5.69 Å². The van der Waals surface area contributed by atoms with Gasteiger partial charge in [0.05, 0.1) is 0 Å². The number of aryl methyl sites for hydroxylation is 2.